The Labute approximate surface area is 193 Å². The molecule has 1 N–H and O–H groups in total. The van der Waals surface area contributed by atoms with Crippen molar-refractivity contribution in [3.05, 3.63) is 102 Å². The zero-order valence-electron chi connectivity index (χ0n) is 16.6. The molecule has 4 rings (SSSR count). The van der Waals surface area contributed by atoms with Crippen molar-refractivity contribution in [3.8, 4) is 0 Å². The van der Waals surface area contributed by atoms with E-state index in [9.17, 15) is 14.8 Å². The van der Waals surface area contributed by atoms with E-state index < -0.39 is 15.2 Å². The van der Waals surface area contributed by atoms with Gasteiger partial charge < -0.3 is 5.21 Å². The number of benzene rings is 3. The molecular weight excluding hydrogens is 505 g/mol. The van der Waals surface area contributed by atoms with Gasteiger partial charge in [0, 0.05) is 6.42 Å². The molecular formula is C24H20IN3O3. The first kappa shape index (κ1) is 21.0. The maximum Gasteiger partial charge on any atom is 0.260 e. The van der Waals surface area contributed by atoms with E-state index in [0.717, 1.165) is 11.1 Å². The third-order valence-electron chi connectivity index (χ3n) is 5.15. The number of alkyl halides is 1. The first-order valence-corrected chi connectivity index (χ1v) is 10.8. The standard InChI is InChI=1S/C24H20IN3O3/c25-24(16-18-10-4-1-5-11-18)21(29)27(17-19-12-6-2-7-13-19)23(26-31)28(22(24)30)20-14-8-3-9-15-20/h1-15,31H,16-17H2. The number of carbonyl (C=O) groups excluding carboxylic acids is 2. The highest BCUT2D eigenvalue weighted by Gasteiger charge is 2.55. The number of rotatable bonds is 5. The molecule has 0 spiro atoms. The number of anilines is 1. The van der Waals surface area contributed by atoms with Gasteiger partial charge in [0.2, 0.25) is 0 Å². The molecule has 3 aromatic carbocycles. The number of para-hydroxylation sites is 1. The number of guanidine groups is 1. The number of halogens is 1. The van der Waals surface area contributed by atoms with E-state index in [1.54, 1.807) is 24.3 Å². The molecule has 0 saturated carbocycles. The molecule has 156 valence electrons. The fourth-order valence-electron chi connectivity index (χ4n) is 3.63. The van der Waals surface area contributed by atoms with Crippen LogP contribution in [-0.4, -0.2) is 31.3 Å². The Kier molecular flexibility index (Phi) is 6.03. The van der Waals surface area contributed by atoms with E-state index in [2.05, 4.69) is 5.16 Å². The van der Waals surface area contributed by atoms with E-state index >= 15 is 0 Å². The van der Waals surface area contributed by atoms with Gasteiger partial charge in [0.25, 0.3) is 17.8 Å². The van der Waals surface area contributed by atoms with Crippen LogP contribution < -0.4 is 4.90 Å². The van der Waals surface area contributed by atoms with E-state index in [1.165, 1.54) is 9.80 Å². The molecule has 1 heterocycles. The average Bonchev–Trinajstić information content (AvgIpc) is 2.81. The first-order chi connectivity index (χ1) is 15.0. The number of hydrogen-bond donors (Lipinski definition) is 1. The predicted molar refractivity (Wildman–Crippen MR) is 127 cm³/mol. The quantitative estimate of drug-likeness (QED) is 0.178. The summed E-state index contributed by atoms with van der Waals surface area (Å²) >= 11 is 1.95. The number of amides is 2. The molecule has 6 nitrogen and oxygen atoms in total. The van der Waals surface area contributed by atoms with Gasteiger partial charge >= 0.3 is 0 Å². The molecule has 1 aliphatic rings. The van der Waals surface area contributed by atoms with Gasteiger partial charge in [-0.25, -0.2) is 4.90 Å². The van der Waals surface area contributed by atoms with Crippen LogP contribution in [0.2, 0.25) is 0 Å². The lowest BCUT2D eigenvalue weighted by molar-refractivity contribution is -0.137. The third-order valence-corrected chi connectivity index (χ3v) is 6.45. The molecule has 3 aromatic rings. The van der Waals surface area contributed by atoms with Crippen LogP contribution in [0.15, 0.2) is 96.2 Å². The molecule has 1 fully saturated rings. The van der Waals surface area contributed by atoms with E-state index in [1.807, 2.05) is 89.3 Å². The third kappa shape index (κ3) is 4.05. The topological polar surface area (TPSA) is 73.2 Å². The summed E-state index contributed by atoms with van der Waals surface area (Å²) in [6, 6.07) is 27.8. The number of oxime groups is 1. The zero-order valence-corrected chi connectivity index (χ0v) is 18.7. The van der Waals surface area contributed by atoms with Crippen LogP contribution >= 0.6 is 22.6 Å². The second-order valence-electron chi connectivity index (χ2n) is 7.22. The molecule has 31 heavy (non-hydrogen) atoms. The molecule has 0 aromatic heterocycles. The molecule has 0 aliphatic carbocycles. The van der Waals surface area contributed by atoms with Gasteiger partial charge in [0.1, 0.15) is 0 Å². The average molecular weight is 525 g/mol. The van der Waals surface area contributed by atoms with Crippen molar-refractivity contribution in [2.24, 2.45) is 5.16 Å². The van der Waals surface area contributed by atoms with Crippen molar-refractivity contribution in [1.82, 2.24) is 4.90 Å². The summed E-state index contributed by atoms with van der Waals surface area (Å²) < 4.78 is -1.39. The molecule has 1 atom stereocenters. The summed E-state index contributed by atoms with van der Waals surface area (Å²) in [5.41, 5.74) is 2.26. The normalized spacial score (nSPS) is 20.4. The Balaban J connectivity index is 1.82. The molecule has 2 amide bonds. The summed E-state index contributed by atoms with van der Waals surface area (Å²) in [5.74, 6) is -0.957. The molecule has 1 aliphatic heterocycles. The summed E-state index contributed by atoms with van der Waals surface area (Å²) in [6.07, 6.45) is 0.222. The fraction of sp³-hybridized carbons (Fsp3) is 0.125. The molecule has 0 radical (unpaired) electrons. The monoisotopic (exact) mass is 525 g/mol. The lowest BCUT2D eigenvalue weighted by atomic mass is 9.93. The van der Waals surface area contributed by atoms with Crippen molar-refractivity contribution >= 4 is 46.1 Å². The van der Waals surface area contributed by atoms with Crippen LogP contribution in [0, 0.1) is 0 Å². The largest absolute Gasteiger partial charge is 0.408 e. The van der Waals surface area contributed by atoms with Crippen LogP contribution in [0.4, 0.5) is 5.69 Å². The van der Waals surface area contributed by atoms with Gasteiger partial charge in [-0.15, -0.1) is 0 Å². The van der Waals surface area contributed by atoms with Crippen LogP contribution in [0.25, 0.3) is 0 Å². The Hall–Kier alpha value is -3.20. The predicted octanol–water partition coefficient (Wildman–Crippen LogP) is 4.22. The molecule has 1 unspecified atom stereocenters. The van der Waals surface area contributed by atoms with Gasteiger partial charge in [0.15, 0.2) is 3.42 Å². The van der Waals surface area contributed by atoms with Gasteiger partial charge in [0.05, 0.1) is 12.2 Å². The molecule has 1 saturated heterocycles. The highest BCUT2D eigenvalue weighted by molar-refractivity contribution is 14.1. The van der Waals surface area contributed by atoms with Crippen LogP contribution in [-0.2, 0) is 22.6 Å². The number of nitrogens with zero attached hydrogens (tertiary/aromatic N) is 3. The summed E-state index contributed by atoms with van der Waals surface area (Å²) in [5, 5.41) is 13.2. The number of carbonyl (C=O) groups is 2. The smallest absolute Gasteiger partial charge is 0.260 e. The van der Waals surface area contributed by atoms with Gasteiger partial charge in [-0.3, -0.25) is 14.5 Å². The lowest BCUT2D eigenvalue weighted by Gasteiger charge is -2.43. The Morgan fingerprint density at radius 3 is 1.84 bits per heavy atom. The molecule has 0 bridgehead atoms. The fourth-order valence-corrected chi connectivity index (χ4v) is 4.60. The van der Waals surface area contributed by atoms with E-state index in [-0.39, 0.29) is 18.9 Å². The second kappa shape index (κ2) is 8.89. The second-order valence-corrected chi connectivity index (χ2v) is 9.06. The van der Waals surface area contributed by atoms with Crippen LogP contribution in [0.3, 0.4) is 0 Å². The van der Waals surface area contributed by atoms with Crippen molar-refractivity contribution in [3.63, 3.8) is 0 Å². The summed E-state index contributed by atoms with van der Waals surface area (Å²) in [7, 11) is 0. The van der Waals surface area contributed by atoms with Crippen LogP contribution in [0.5, 0.6) is 0 Å². The van der Waals surface area contributed by atoms with Crippen LogP contribution in [0.1, 0.15) is 11.1 Å². The maximum absolute atomic E-state index is 13.7. The molecule has 7 heteroatoms. The SMILES string of the molecule is O=C1N(Cc2ccccc2)C(=NO)N(c2ccccc2)C(=O)C1(I)Cc1ccccc1. The van der Waals surface area contributed by atoms with Crippen molar-refractivity contribution < 1.29 is 14.8 Å². The van der Waals surface area contributed by atoms with Crippen molar-refractivity contribution in [1.29, 1.82) is 0 Å². The maximum atomic E-state index is 13.7. The summed E-state index contributed by atoms with van der Waals surface area (Å²) in [6.45, 7) is 0.176. The Morgan fingerprint density at radius 1 is 0.774 bits per heavy atom. The van der Waals surface area contributed by atoms with Gasteiger partial charge in [-0.2, -0.15) is 0 Å². The minimum atomic E-state index is -1.39. The highest BCUT2D eigenvalue weighted by atomic mass is 127. The minimum Gasteiger partial charge on any atom is -0.408 e. The lowest BCUT2D eigenvalue weighted by Crippen LogP contribution is -2.67. The highest BCUT2D eigenvalue weighted by Crippen LogP contribution is 2.36. The van der Waals surface area contributed by atoms with E-state index in [4.69, 9.17) is 0 Å². The minimum absolute atomic E-state index is 0.106. The number of hydrogen-bond acceptors (Lipinski definition) is 4. The van der Waals surface area contributed by atoms with Gasteiger partial charge in [-0.1, -0.05) is 101 Å². The zero-order chi connectivity index (χ0) is 21.8. The first-order valence-electron chi connectivity index (χ1n) is 9.75. The Morgan fingerprint density at radius 2 is 1.29 bits per heavy atom. The van der Waals surface area contributed by atoms with E-state index in [0.29, 0.717) is 5.69 Å². The van der Waals surface area contributed by atoms with Crippen molar-refractivity contribution in [2.75, 3.05) is 4.90 Å². The summed E-state index contributed by atoms with van der Waals surface area (Å²) in [4.78, 5) is 30.1. The van der Waals surface area contributed by atoms with Gasteiger partial charge in [-0.05, 0) is 28.4 Å². The van der Waals surface area contributed by atoms with Crippen molar-refractivity contribution in [2.45, 2.75) is 16.4 Å². The Bertz CT molecular complexity index is 1110.